The maximum atomic E-state index is 13.1. The Labute approximate surface area is 244 Å². The van der Waals surface area contributed by atoms with Crippen LogP contribution in [0.5, 0.6) is 5.75 Å². The molecule has 3 unspecified atom stereocenters. The number of fused-ring (bicyclic) bond motifs is 1. The smallest absolute Gasteiger partial charge is 0.251 e. The van der Waals surface area contributed by atoms with Crippen LogP contribution >= 0.6 is 11.6 Å². The molecule has 0 radical (unpaired) electrons. The van der Waals surface area contributed by atoms with Crippen molar-refractivity contribution in [3.63, 3.8) is 0 Å². The maximum Gasteiger partial charge on any atom is 0.251 e. The number of carbonyl (C=O) groups is 2. The predicted octanol–water partition coefficient (Wildman–Crippen LogP) is 4.30. The summed E-state index contributed by atoms with van der Waals surface area (Å²) >= 11 is 6.34. The molecule has 0 saturated heterocycles. The zero-order valence-electron chi connectivity index (χ0n) is 23.6. The Balaban J connectivity index is 1.51. The average molecular weight is 578 g/mol. The molecule has 2 aromatic carbocycles. The van der Waals surface area contributed by atoms with Crippen molar-refractivity contribution in [1.82, 2.24) is 20.0 Å². The fraction of sp³-hybridized carbons (Fsp3) is 0.323. The van der Waals surface area contributed by atoms with Crippen LogP contribution in [0.2, 0.25) is 5.02 Å². The third kappa shape index (κ3) is 7.64. The molecule has 2 amide bonds. The van der Waals surface area contributed by atoms with Crippen molar-refractivity contribution < 1.29 is 19.4 Å². The third-order valence-corrected chi connectivity index (χ3v) is 6.82. The van der Waals surface area contributed by atoms with Crippen LogP contribution < -0.4 is 21.1 Å². The van der Waals surface area contributed by atoms with Crippen LogP contribution in [0.25, 0.3) is 16.9 Å². The van der Waals surface area contributed by atoms with Gasteiger partial charge in [0.15, 0.2) is 0 Å². The van der Waals surface area contributed by atoms with Crippen molar-refractivity contribution in [3.05, 3.63) is 88.7 Å². The predicted molar refractivity (Wildman–Crippen MR) is 160 cm³/mol. The summed E-state index contributed by atoms with van der Waals surface area (Å²) in [4.78, 5) is 30.0. The molecule has 3 atom stereocenters. The molecule has 9 nitrogen and oxygen atoms in total. The molecular formula is C31H36ClN5O4. The van der Waals surface area contributed by atoms with Gasteiger partial charge < -0.3 is 30.6 Å². The number of aliphatic hydroxyl groups is 1. The number of imidazole rings is 1. The molecule has 4 rings (SSSR count). The van der Waals surface area contributed by atoms with Crippen LogP contribution in [0.4, 0.5) is 0 Å². The van der Waals surface area contributed by atoms with Crippen molar-refractivity contribution in [3.8, 4) is 17.0 Å². The number of nitrogens with two attached hydrogens (primary N) is 1. The van der Waals surface area contributed by atoms with Crippen molar-refractivity contribution in [2.75, 3.05) is 6.54 Å². The number of nitrogens with one attached hydrogen (secondary N) is 2. The van der Waals surface area contributed by atoms with Crippen LogP contribution in [0, 0.1) is 0 Å². The first-order valence-electron chi connectivity index (χ1n) is 13.6. The van der Waals surface area contributed by atoms with Crippen molar-refractivity contribution >= 4 is 29.1 Å². The van der Waals surface area contributed by atoms with Gasteiger partial charge in [0.2, 0.25) is 5.91 Å². The lowest BCUT2D eigenvalue weighted by Gasteiger charge is -2.21. The van der Waals surface area contributed by atoms with E-state index in [4.69, 9.17) is 27.1 Å². The van der Waals surface area contributed by atoms with Crippen LogP contribution in [-0.2, 0) is 11.2 Å². The second-order valence-corrected chi connectivity index (χ2v) is 10.8. The number of aliphatic hydroxyl groups excluding tert-OH is 1. The second-order valence-electron chi connectivity index (χ2n) is 10.4. The minimum atomic E-state index is -0.669. The quantitative estimate of drug-likeness (QED) is 0.210. The number of aromatic nitrogens is 2. The molecule has 10 heteroatoms. The molecule has 2 aromatic heterocycles. The average Bonchev–Trinajstić information content (AvgIpc) is 3.37. The molecule has 0 spiro atoms. The van der Waals surface area contributed by atoms with E-state index in [1.54, 1.807) is 32.0 Å². The number of pyridine rings is 1. The lowest BCUT2D eigenvalue weighted by Crippen LogP contribution is -2.48. The number of carbonyl (C=O) groups excluding carboxylic acids is 2. The van der Waals surface area contributed by atoms with E-state index in [2.05, 4.69) is 10.6 Å². The Kier molecular flexibility index (Phi) is 9.65. The number of amides is 2. The Morgan fingerprint density at radius 2 is 1.83 bits per heavy atom. The fourth-order valence-corrected chi connectivity index (χ4v) is 4.64. The SMILES string of the molecule is CC(C)Oc1ccc(C(=O)NC(CNC(=O)C(C)N)Cc2ccc(-c3cn4cccc(C(C)O)c4n3)cc2)cc1Cl. The number of rotatable bonds is 11. The van der Waals surface area contributed by atoms with E-state index in [9.17, 15) is 14.7 Å². The molecule has 41 heavy (non-hydrogen) atoms. The normalized spacial score (nSPS) is 13.6. The number of halogens is 1. The lowest BCUT2D eigenvalue weighted by molar-refractivity contribution is -0.122. The van der Waals surface area contributed by atoms with E-state index >= 15 is 0 Å². The van der Waals surface area contributed by atoms with Crippen LogP contribution in [0.1, 0.15) is 55.3 Å². The van der Waals surface area contributed by atoms with Crippen LogP contribution in [0.15, 0.2) is 67.0 Å². The first kappa shape index (κ1) is 30.0. The molecule has 216 valence electrons. The van der Waals surface area contributed by atoms with Gasteiger partial charge in [0.05, 0.1) is 35.0 Å². The number of benzene rings is 2. The topological polar surface area (TPSA) is 131 Å². The molecular weight excluding hydrogens is 542 g/mol. The van der Waals surface area contributed by atoms with Gasteiger partial charge in [0, 0.05) is 35.6 Å². The molecule has 0 aliphatic carbocycles. The summed E-state index contributed by atoms with van der Waals surface area (Å²) in [6.07, 6.45) is 3.60. The van der Waals surface area contributed by atoms with E-state index in [0.29, 0.717) is 28.4 Å². The second kappa shape index (κ2) is 13.2. The van der Waals surface area contributed by atoms with Gasteiger partial charge in [-0.25, -0.2) is 4.98 Å². The minimum absolute atomic E-state index is 0.0501. The first-order chi connectivity index (χ1) is 19.5. The van der Waals surface area contributed by atoms with Gasteiger partial charge in [-0.2, -0.15) is 0 Å². The zero-order valence-corrected chi connectivity index (χ0v) is 24.4. The Hall–Kier alpha value is -3.92. The van der Waals surface area contributed by atoms with Crippen molar-refractivity contribution in [2.24, 2.45) is 5.73 Å². The highest BCUT2D eigenvalue weighted by Crippen LogP contribution is 2.27. The highest BCUT2D eigenvalue weighted by Gasteiger charge is 2.19. The summed E-state index contributed by atoms with van der Waals surface area (Å²) in [5.74, 6) is -0.119. The Bertz CT molecular complexity index is 1510. The van der Waals surface area contributed by atoms with Gasteiger partial charge in [-0.15, -0.1) is 0 Å². The number of ether oxygens (including phenoxy) is 1. The van der Waals surface area contributed by atoms with Crippen LogP contribution in [-0.4, -0.2) is 51.0 Å². The molecule has 2 heterocycles. The van der Waals surface area contributed by atoms with Gasteiger partial charge >= 0.3 is 0 Å². The summed E-state index contributed by atoms with van der Waals surface area (Å²) in [6.45, 7) is 7.32. The van der Waals surface area contributed by atoms with E-state index in [1.165, 1.54) is 0 Å². The van der Waals surface area contributed by atoms with Gasteiger partial charge in [-0.05, 0) is 63.9 Å². The van der Waals surface area contributed by atoms with E-state index in [0.717, 1.165) is 22.4 Å². The maximum absolute atomic E-state index is 13.1. The van der Waals surface area contributed by atoms with Gasteiger partial charge in [-0.3, -0.25) is 9.59 Å². The first-order valence-corrected chi connectivity index (χ1v) is 13.9. The number of hydrogen-bond acceptors (Lipinski definition) is 6. The van der Waals surface area contributed by atoms with Crippen molar-refractivity contribution in [1.29, 1.82) is 0 Å². The fourth-order valence-electron chi connectivity index (χ4n) is 4.42. The van der Waals surface area contributed by atoms with Gasteiger partial charge in [-0.1, -0.05) is 41.9 Å². The van der Waals surface area contributed by atoms with E-state index < -0.39 is 18.2 Å². The standard InChI is InChI=1S/C31H36ClN5O4/c1-18(2)41-28-12-11-23(15-26(28)32)31(40)35-24(16-34-30(39)19(3)33)14-21-7-9-22(10-8-21)27-17-37-13-5-6-25(20(4)38)29(37)36-27/h5-13,15,17-20,24,38H,14,16,33H2,1-4H3,(H,34,39)(H,35,40). The van der Waals surface area contributed by atoms with Gasteiger partial charge in [0.1, 0.15) is 11.4 Å². The number of nitrogens with zero attached hydrogens (tertiary/aromatic N) is 2. The zero-order chi connectivity index (χ0) is 29.7. The van der Waals surface area contributed by atoms with Crippen molar-refractivity contribution in [2.45, 2.75) is 58.4 Å². The van der Waals surface area contributed by atoms with Gasteiger partial charge in [0.25, 0.3) is 5.91 Å². The molecule has 4 aromatic rings. The molecule has 0 bridgehead atoms. The molecule has 0 saturated carbocycles. The largest absolute Gasteiger partial charge is 0.489 e. The Morgan fingerprint density at radius 1 is 1.10 bits per heavy atom. The lowest BCUT2D eigenvalue weighted by atomic mass is 10.0. The summed E-state index contributed by atoms with van der Waals surface area (Å²) in [6, 6.07) is 15.4. The Morgan fingerprint density at radius 3 is 2.46 bits per heavy atom. The summed E-state index contributed by atoms with van der Waals surface area (Å²) in [5.41, 5.74) is 10.2. The third-order valence-electron chi connectivity index (χ3n) is 6.52. The summed E-state index contributed by atoms with van der Waals surface area (Å²) in [7, 11) is 0. The molecule has 5 N–H and O–H groups in total. The molecule has 0 aliphatic heterocycles. The summed E-state index contributed by atoms with van der Waals surface area (Å²) < 4.78 is 7.56. The van der Waals surface area contributed by atoms with E-state index in [-0.39, 0.29) is 24.5 Å². The molecule has 0 fully saturated rings. The number of hydrogen-bond donors (Lipinski definition) is 4. The van der Waals surface area contributed by atoms with Crippen LogP contribution in [0.3, 0.4) is 0 Å². The van der Waals surface area contributed by atoms with E-state index in [1.807, 2.05) is 67.0 Å². The summed E-state index contributed by atoms with van der Waals surface area (Å²) in [5, 5.41) is 16.3. The monoisotopic (exact) mass is 577 g/mol. The minimum Gasteiger partial charge on any atom is -0.489 e. The highest BCUT2D eigenvalue weighted by atomic mass is 35.5. The highest BCUT2D eigenvalue weighted by molar-refractivity contribution is 6.32. The molecule has 0 aliphatic rings.